The van der Waals surface area contributed by atoms with E-state index in [-0.39, 0.29) is 12.4 Å². The lowest BCUT2D eigenvalue weighted by molar-refractivity contribution is -0.905. The van der Waals surface area contributed by atoms with Crippen molar-refractivity contribution in [3.8, 4) is 0 Å². The molecule has 31 heavy (non-hydrogen) atoms. The third-order valence-electron chi connectivity index (χ3n) is 5.87. The van der Waals surface area contributed by atoms with Gasteiger partial charge in [0.15, 0.2) is 5.58 Å². The smallest absolute Gasteiger partial charge is 0.296 e. The maximum atomic E-state index is 6.16. The van der Waals surface area contributed by atoms with Crippen LogP contribution in [-0.4, -0.2) is 48.6 Å². The summed E-state index contributed by atoms with van der Waals surface area (Å²) in [5.41, 5.74) is 2.93. The highest BCUT2D eigenvalue weighted by Crippen LogP contribution is 2.23. The van der Waals surface area contributed by atoms with Gasteiger partial charge in [0.2, 0.25) is 0 Å². The summed E-state index contributed by atoms with van der Waals surface area (Å²) in [5.74, 6) is 0.488. The lowest BCUT2D eigenvalue weighted by Crippen LogP contribution is -3.16. The zero-order valence-corrected chi connectivity index (χ0v) is 20.1. The SMILES string of the molecule is CC(C)[C@@H](C[NH+]1CCN(Cc2ccc(Cl)c(Cl)c2)CC1)Nc1nc2ccccc2o1.[Cl-]. The summed E-state index contributed by atoms with van der Waals surface area (Å²) in [5, 5.41) is 4.78. The Balaban J connectivity index is 0.00000272. The van der Waals surface area contributed by atoms with Crippen LogP contribution in [0, 0.1) is 5.92 Å². The molecule has 168 valence electrons. The van der Waals surface area contributed by atoms with Crippen molar-refractivity contribution in [2.24, 2.45) is 5.92 Å². The molecule has 0 saturated carbocycles. The van der Waals surface area contributed by atoms with E-state index in [1.807, 2.05) is 36.4 Å². The van der Waals surface area contributed by atoms with E-state index >= 15 is 0 Å². The second-order valence-corrected chi connectivity index (χ2v) is 9.27. The van der Waals surface area contributed by atoms with E-state index in [1.54, 1.807) is 4.90 Å². The Hall–Kier alpha value is -1.50. The van der Waals surface area contributed by atoms with Crippen molar-refractivity contribution < 1.29 is 21.7 Å². The van der Waals surface area contributed by atoms with Crippen LogP contribution in [0.3, 0.4) is 0 Å². The molecular weight excluding hydrogens is 455 g/mol. The van der Waals surface area contributed by atoms with Crippen LogP contribution in [0.1, 0.15) is 19.4 Å². The zero-order valence-electron chi connectivity index (χ0n) is 17.9. The minimum Gasteiger partial charge on any atom is -1.00 e. The summed E-state index contributed by atoms with van der Waals surface area (Å²) in [7, 11) is 0. The Labute approximate surface area is 200 Å². The minimum atomic E-state index is 0. The molecule has 1 saturated heterocycles. The molecule has 2 heterocycles. The molecule has 0 amide bonds. The first kappa shape index (κ1) is 24.1. The van der Waals surface area contributed by atoms with Crippen LogP contribution in [0.25, 0.3) is 11.1 Å². The summed E-state index contributed by atoms with van der Waals surface area (Å²) in [6, 6.07) is 14.7. The van der Waals surface area contributed by atoms with Crippen molar-refractivity contribution in [1.82, 2.24) is 9.88 Å². The number of nitrogens with zero attached hydrogens (tertiary/aromatic N) is 2. The van der Waals surface area contributed by atoms with E-state index in [0.717, 1.165) is 50.4 Å². The Morgan fingerprint density at radius 3 is 2.52 bits per heavy atom. The predicted molar refractivity (Wildman–Crippen MR) is 124 cm³/mol. The molecule has 3 aromatic rings. The average Bonchev–Trinajstić information content (AvgIpc) is 3.14. The van der Waals surface area contributed by atoms with Crippen LogP contribution in [-0.2, 0) is 6.54 Å². The third kappa shape index (κ3) is 6.27. The first-order valence-electron chi connectivity index (χ1n) is 10.6. The number of fused-ring (bicyclic) bond motifs is 1. The van der Waals surface area contributed by atoms with Crippen LogP contribution >= 0.6 is 23.2 Å². The van der Waals surface area contributed by atoms with E-state index in [1.165, 1.54) is 5.56 Å². The fourth-order valence-corrected chi connectivity index (χ4v) is 4.31. The van der Waals surface area contributed by atoms with E-state index in [9.17, 15) is 0 Å². The lowest BCUT2D eigenvalue weighted by Gasteiger charge is -2.34. The molecule has 1 atom stereocenters. The number of nitrogens with one attached hydrogen (secondary N) is 2. The Morgan fingerprint density at radius 1 is 1.10 bits per heavy atom. The van der Waals surface area contributed by atoms with Crippen molar-refractivity contribution in [3.63, 3.8) is 0 Å². The van der Waals surface area contributed by atoms with Crippen LogP contribution in [0.4, 0.5) is 6.01 Å². The van der Waals surface area contributed by atoms with Crippen molar-refractivity contribution in [1.29, 1.82) is 0 Å². The molecular formula is C23H29Cl3N4O. The topological polar surface area (TPSA) is 45.7 Å². The standard InChI is InChI=1S/C23H28Cl2N4O.ClH/c1-16(2)21(27-23-26-20-5-3-4-6-22(20)30-23)15-29-11-9-28(10-12-29)14-17-7-8-18(24)19(25)13-17;/h3-8,13,16,21H,9-12,14-15H2,1-2H3,(H,26,27);1H/t21-;/m1./s1. The average molecular weight is 484 g/mol. The number of hydrogen-bond donors (Lipinski definition) is 2. The van der Waals surface area contributed by atoms with Crippen molar-refractivity contribution in [2.45, 2.75) is 26.4 Å². The molecule has 5 nitrogen and oxygen atoms in total. The van der Waals surface area contributed by atoms with Gasteiger partial charge in [-0.05, 0) is 35.7 Å². The second-order valence-electron chi connectivity index (χ2n) is 8.46. The van der Waals surface area contributed by atoms with Crippen LogP contribution in [0.2, 0.25) is 10.0 Å². The molecule has 2 aromatic carbocycles. The minimum absolute atomic E-state index is 0. The number of piperazine rings is 1. The monoisotopic (exact) mass is 482 g/mol. The highest BCUT2D eigenvalue weighted by atomic mass is 35.5. The van der Waals surface area contributed by atoms with Gasteiger partial charge < -0.3 is 27.0 Å². The number of aromatic nitrogens is 1. The molecule has 1 aromatic heterocycles. The number of para-hydroxylation sites is 2. The number of quaternary nitrogens is 1. The van der Waals surface area contributed by atoms with E-state index < -0.39 is 0 Å². The number of halogens is 3. The highest BCUT2D eigenvalue weighted by Gasteiger charge is 2.26. The Morgan fingerprint density at radius 2 is 1.84 bits per heavy atom. The van der Waals surface area contributed by atoms with Gasteiger partial charge in [-0.1, -0.05) is 55.2 Å². The molecule has 1 aliphatic rings. The molecule has 0 radical (unpaired) electrons. The zero-order chi connectivity index (χ0) is 21.1. The largest absolute Gasteiger partial charge is 1.00 e. The number of anilines is 1. The van der Waals surface area contributed by atoms with Crippen LogP contribution < -0.4 is 22.6 Å². The molecule has 1 aliphatic heterocycles. The number of hydrogen-bond acceptors (Lipinski definition) is 4. The second kappa shape index (κ2) is 10.9. The summed E-state index contributed by atoms with van der Waals surface area (Å²) in [6.45, 7) is 10.9. The van der Waals surface area contributed by atoms with E-state index in [0.29, 0.717) is 28.0 Å². The van der Waals surface area contributed by atoms with Crippen molar-refractivity contribution in [3.05, 3.63) is 58.1 Å². The fraction of sp³-hybridized carbons (Fsp3) is 0.435. The highest BCUT2D eigenvalue weighted by molar-refractivity contribution is 6.42. The lowest BCUT2D eigenvalue weighted by atomic mass is 10.0. The fourth-order valence-electron chi connectivity index (χ4n) is 3.98. The number of oxazole rings is 1. The van der Waals surface area contributed by atoms with Gasteiger partial charge in [-0.2, -0.15) is 4.98 Å². The van der Waals surface area contributed by atoms with Gasteiger partial charge in [-0.3, -0.25) is 4.90 Å². The summed E-state index contributed by atoms with van der Waals surface area (Å²) >= 11 is 12.2. The molecule has 0 spiro atoms. The predicted octanol–water partition coefficient (Wildman–Crippen LogP) is 0.976. The van der Waals surface area contributed by atoms with Crippen molar-refractivity contribution >= 4 is 40.3 Å². The molecule has 0 unspecified atom stereocenters. The van der Waals surface area contributed by atoms with E-state index in [2.05, 4.69) is 35.1 Å². The summed E-state index contributed by atoms with van der Waals surface area (Å²) in [6.07, 6.45) is 0. The van der Waals surface area contributed by atoms with Gasteiger partial charge in [-0.25, -0.2) is 0 Å². The number of rotatable bonds is 7. The first-order valence-corrected chi connectivity index (χ1v) is 11.4. The van der Waals surface area contributed by atoms with Gasteiger partial charge >= 0.3 is 0 Å². The molecule has 2 N–H and O–H groups in total. The summed E-state index contributed by atoms with van der Waals surface area (Å²) in [4.78, 5) is 8.69. The maximum absolute atomic E-state index is 6.16. The first-order chi connectivity index (χ1) is 14.5. The van der Waals surface area contributed by atoms with Gasteiger partial charge in [0.1, 0.15) is 5.52 Å². The quantitative estimate of drug-likeness (QED) is 0.526. The molecule has 0 bridgehead atoms. The van der Waals surface area contributed by atoms with Crippen LogP contribution in [0.5, 0.6) is 0 Å². The normalized spacial score (nSPS) is 16.4. The third-order valence-corrected chi connectivity index (χ3v) is 6.61. The molecule has 1 fully saturated rings. The van der Waals surface area contributed by atoms with Crippen LogP contribution in [0.15, 0.2) is 46.9 Å². The molecule has 8 heteroatoms. The van der Waals surface area contributed by atoms with Gasteiger partial charge in [0, 0.05) is 19.6 Å². The molecule has 0 aliphatic carbocycles. The van der Waals surface area contributed by atoms with Gasteiger partial charge in [0.25, 0.3) is 6.01 Å². The van der Waals surface area contributed by atoms with E-state index in [4.69, 9.17) is 27.6 Å². The maximum Gasteiger partial charge on any atom is 0.296 e. The number of benzene rings is 2. The Kier molecular flexibility index (Phi) is 8.48. The Bertz CT molecular complexity index is 953. The summed E-state index contributed by atoms with van der Waals surface area (Å²) < 4.78 is 5.88. The van der Waals surface area contributed by atoms with Gasteiger partial charge in [-0.15, -0.1) is 0 Å². The van der Waals surface area contributed by atoms with Gasteiger partial charge in [0.05, 0.1) is 35.7 Å². The molecule has 4 rings (SSSR count). The van der Waals surface area contributed by atoms with Crippen molar-refractivity contribution in [2.75, 3.05) is 38.0 Å².